The van der Waals surface area contributed by atoms with Gasteiger partial charge in [0.2, 0.25) is 0 Å². The fourth-order valence-corrected chi connectivity index (χ4v) is 4.46. The summed E-state index contributed by atoms with van der Waals surface area (Å²) in [6.45, 7) is 5.00. The zero-order chi connectivity index (χ0) is 22.8. The number of ketones is 1. The number of likely N-dealkylation sites (tertiary alicyclic amines) is 1. The SMILES string of the molecule is COc1ccc(/C(O)=C2/C(=O)C(=O)N(CC3CCCO3)C2c2ccncc2)cc1C(C)C. The minimum Gasteiger partial charge on any atom is -0.507 e. The zero-order valence-corrected chi connectivity index (χ0v) is 18.6. The van der Waals surface area contributed by atoms with Crippen LogP contribution in [-0.2, 0) is 14.3 Å². The standard InChI is InChI=1S/C25H28N2O5/c1-15(2)19-13-17(6-7-20(19)31-3)23(28)21-22(16-8-10-26-11-9-16)27(25(30)24(21)29)14-18-5-4-12-32-18/h6-11,13,15,18,22,28H,4-5,12,14H2,1-3H3/b23-21-. The fourth-order valence-electron chi connectivity index (χ4n) is 4.46. The van der Waals surface area contributed by atoms with Crippen LogP contribution in [0, 0.1) is 0 Å². The molecule has 0 saturated carbocycles. The number of benzene rings is 1. The van der Waals surface area contributed by atoms with Gasteiger partial charge in [-0.15, -0.1) is 0 Å². The number of hydrogen-bond acceptors (Lipinski definition) is 6. The van der Waals surface area contributed by atoms with Gasteiger partial charge in [0.25, 0.3) is 11.7 Å². The Labute approximate surface area is 187 Å². The first-order valence-corrected chi connectivity index (χ1v) is 10.9. The molecule has 0 radical (unpaired) electrons. The number of aliphatic hydroxyl groups is 1. The number of nitrogens with zero attached hydrogens (tertiary/aromatic N) is 2. The van der Waals surface area contributed by atoms with Crippen LogP contribution in [0.3, 0.4) is 0 Å². The lowest BCUT2D eigenvalue weighted by Gasteiger charge is -2.27. The maximum atomic E-state index is 13.1. The predicted octanol–water partition coefficient (Wildman–Crippen LogP) is 3.81. The molecular formula is C25H28N2O5. The van der Waals surface area contributed by atoms with Gasteiger partial charge in [0, 0.05) is 31.1 Å². The number of rotatable bonds is 6. The first kappa shape index (κ1) is 22.0. The van der Waals surface area contributed by atoms with Gasteiger partial charge in [-0.2, -0.15) is 0 Å². The molecule has 32 heavy (non-hydrogen) atoms. The van der Waals surface area contributed by atoms with Crippen molar-refractivity contribution in [2.45, 2.75) is 44.8 Å². The molecule has 4 rings (SSSR count). The molecule has 7 nitrogen and oxygen atoms in total. The van der Waals surface area contributed by atoms with E-state index < -0.39 is 17.7 Å². The summed E-state index contributed by atoms with van der Waals surface area (Å²) in [5.41, 5.74) is 2.18. The van der Waals surface area contributed by atoms with Crippen LogP contribution in [0.15, 0.2) is 48.3 Å². The first-order valence-electron chi connectivity index (χ1n) is 10.9. The van der Waals surface area contributed by atoms with Gasteiger partial charge < -0.3 is 19.5 Å². The van der Waals surface area contributed by atoms with E-state index in [0.717, 1.165) is 24.0 Å². The van der Waals surface area contributed by atoms with E-state index in [4.69, 9.17) is 9.47 Å². The Morgan fingerprint density at radius 1 is 1.25 bits per heavy atom. The van der Waals surface area contributed by atoms with E-state index in [2.05, 4.69) is 4.98 Å². The van der Waals surface area contributed by atoms with Gasteiger partial charge in [0.05, 0.1) is 24.8 Å². The highest BCUT2D eigenvalue weighted by Crippen LogP contribution is 2.40. The molecule has 2 fully saturated rings. The van der Waals surface area contributed by atoms with Crippen LogP contribution in [0.1, 0.15) is 55.3 Å². The molecule has 2 aliphatic heterocycles. The molecule has 2 unspecified atom stereocenters. The van der Waals surface area contributed by atoms with Crippen molar-refractivity contribution in [3.05, 3.63) is 65.0 Å². The van der Waals surface area contributed by atoms with Crippen LogP contribution in [0.5, 0.6) is 5.75 Å². The van der Waals surface area contributed by atoms with Crippen molar-refractivity contribution in [3.8, 4) is 5.75 Å². The minimum absolute atomic E-state index is 0.0825. The van der Waals surface area contributed by atoms with Crippen molar-refractivity contribution >= 4 is 17.4 Å². The molecule has 3 heterocycles. The van der Waals surface area contributed by atoms with Crippen molar-refractivity contribution in [1.29, 1.82) is 0 Å². The molecule has 168 valence electrons. The number of carbonyl (C=O) groups excluding carboxylic acids is 2. The first-order chi connectivity index (χ1) is 15.4. The van der Waals surface area contributed by atoms with Gasteiger partial charge in [-0.25, -0.2) is 0 Å². The topological polar surface area (TPSA) is 89.0 Å². The minimum atomic E-state index is -0.702. The Bertz CT molecular complexity index is 1040. The molecule has 1 aromatic carbocycles. The van der Waals surface area contributed by atoms with E-state index in [1.165, 1.54) is 4.90 Å². The number of ether oxygens (including phenoxy) is 2. The maximum absolute atomic E-state index is 13.1. The second-order valence-electron chi connectivity index (χ2n) is 8.48. The van der Waals surface area contributed by atoms with Crippen molar-refractivity contribution in [2.24, 2.45) is 0 Å². The predicted molar refractivity (Wildman–Crippen MR) is 119 cm³/mol. The molecule has 7 heteroatoms. The van der Waals surface area contributed by atoms with Crippen LogP contribution in [0.2, 0.25) is 0 Å². The third kappa shape index (κ3) is 4.00. The average molecular weight is 437 g/mol. The van der Waals surface area contributed by atoms with E-state index in [1.807, 2.05) is 19.9 Å². The molecule has 2 atom stereocenters. The quantitative estimate of drug-likeness (QED) is 0.421. The van der Waals surface area contributed by atoms with E-state index in [0.29, 0.717) is 24.5 Å². The monoisotopic (exact) mass is 436 g/mol. The van der Waals surface area contributed by atoms with Crippen LogP contribution >= 0.6 is 0 Å². The summed E-state index contributed by atoms with van der Waals surface area (Å²) in [6, 6.07) is 8.12. The van der Waals surface area contributed by atoms with Crippen LogP contribution in [0.25, 0.3) is 5.76 Å². The lowest BCUT2D eigenvalue weighted by Crippen LogP contribution is -2.36. The highest BCUT2D eigenvalue weighted by atomic mass is 16.5. The van der Waals surface area contributed by atoms with Crippen LogP contribution in [-0.4, -0.2) is 53.0 Å². The molecule has 2 aromatic rings. The van der Waals surface area contributed by atoms with Crippen LogP contribution in [0.4, 0.5) is 0 Å². The van der Waals surface area contributed by atoms with Crippen molar-refractivity contribution < 1.29 is 24.2 Å². The third-order valence-electron chi connectivity index (χ3n) is 6.11. The number of Topliss-reactive ketones (excluding diaryl/α,β-unsaturated/α-hetero) is 1. The summed E-state index contributed by atoms with van der Waals surface area (Å²) in [6.07, 6.45) is 4.88. The van der Waals surface area contributed by atoms with Gasteiger partial charge in [0.15, 0.2) is 0 Å². The number of aliphatic hydroxyl groups excluding tert-OH is 1. The van der Waals surface area contributed by atoms with E-state index >= 15 is 0 Å². The molecule has 0 bridgehead atoms. The summed E-state index contributed by atoms with van der Waals surface area (Å²) in [5, 5.41) is 11.3. The molecule has 2 aliphatic rings. The zero-order valence-electron chi connectivity index (χ0n) is 18.6. The largest absolute Gasteiger partial charge is 0.507 e. The smallest absolute Gasteiger partial charge is 0.295 e. The van der Waals surface area contributed by atoms with Crippen molar-refractivity contribution in [3.63, 3.8) is 0 Å². The Balaban J connectivity index is 1.83. The number of amides is 1. The van der Waals surface area contributed by atoms with Gasteiger partial charge in [-0.3, -0.25) is 14.6 Å². The second-order valence-corrected chi connectivity index (χ2v) is 8.48. The second kappa shape index (κ2) is 9.12. The molecule has 1 aromatic heterocycles. The molecule has 1 N–H and O–H groups in total. The highest BCUT2D eigenvalue weighted by molar-refractivity contribution is 6.46. The highest BCUT2D eigenvalue weighted by Gasteiger charge is 2.47. The number of carbonyl (C=O) groups is 2. The fraction of sp³-hybridized carbons (Fsp3) is 0.400. The Kier molecular flexibility index (Phi) is 6.28. The number of methoxy groups -OCH3 is 1. The lowest BCUT2D eigenvalue weighted by atomic mass is 9.93. The number of pyridine rings is 1. The van der Waals surface area contributed by atoms with E-state index in [9.17, 15) is 14.7 Å². The number of hydrogen-bond donors (Lipinski definition) is 1. The number of aromatic nitrogens is 1. The maximum Gasteiger partial charge on any atom is 0.295 e. The van der Waals surface area contributed by atoms with Gasteiger partial charge in [-0.1, -0.05) is 13.8 Å². The summed E-state index contributed by atoms with van der Waals surface area (Å²) < 4.78 is 11.2. The molecular weight excluding hydrogens is 408 g/mol. The van der Waals surface area contributed by atoms with E-state index in [1.54, 1.807) is 43.8 Å². The molecule has 0 aliphatic carbocycles. The van der Waals surface area contributed by atoms with E-state index in [-0.39, 0.29) is 23.4 Å². The Morgan fingerprint density at radius 2 is 2.00 bits per heavy atom. The molecule has 0 spiro atoms. The summed E-state index contributed by atoms with van der Waals surface area (Å²) in [7, 11) is 1.60. The summed E-state index contributed by atoms with van der Waals surface area (Å²) in [5.74, 6) is -0.646. The van der Waals surface area contributed by atoms with Crippen LogP contribution < -0.4 is 4.74 Å². The van der Waals surface area contributed by atoms with Crippen molar-refractivity contribution in [1.82, 2.24) is 9.88 Å². The lowest BCUT2D eigenvalue weighted by molar-refractivity contribution is -0.140. The normalized spacial score (nSPS) is 22.7. The molecule has 1 amide bonds. The molecule has 2 saturated heterocycles. The van der Waals surface area contributed by atoms with Gasteiger partial charge >= 0.3 is 0 Å². The Morgan fingerprint density at radius 3 is 2.62 bits per heavy atom. The van der Waals surface area contributed by atoms with Crippen molar-refractivity contribution in [2.75, 3.05) is 20.3 Å². The summed E-state index contributed by atoms with van der Waals surface area (Å²) in [4.78, 5) is 31.8. The summed E-state index contributed by atoms with van der Waals surface area (Å²) >= 11 is 0. The third-order valence-corrected chi connectivity index (χ3v) is 6.11. The van der Waals surface area contributed by atoms with Gasteiger partial charge in [-0.05, 0) is 60.2 Å². The van der Waals surface area contributed by atoms with Gasteiger partial charge in [0.1, 0.15) is 11.5 Å². The Hall–Kier alpha value is -3.19. The average Bonchev–Trinajstić information content (AvgIpc) is 3.41.